The summed E-state index contributed by atoms with van der Waals surface area (Å²) in [5.74, 6) is 0.564. The van der Waals surface area contributed by atoms with Crippen molar-refractivity contribution >= 4 is 22.5 Å². The van der Waals surface area contributed by atoms with Gasteiger partial charge in [0.25, 0.3) is 5.56 Å². The van der Waals surface area contributed by atoms with Crippen LogP contribution in [0.25, 0.3) is 10.9 Å². The molecule has 0 bridgehead atoms. The summed E-state index contributed by atoms with van der Waals surface area (Å²) < 4.78 is 12.7. The van der Waals surface area contributed by atoms with Crippen molar-refractivity contribution < 1.29 is 14.3 Å². The van der Waals surface area contributed by atoms with Crippen molar-refractivity contribution in [2.24, 2.45) is 0 Å². The zero-order chi connectivity index (χ0) is 21.0. The summed E-state index contributed by atoms with van der Waals surface area (Å²) in [7, 11) is 3.01. The fourth-order valence-corrected chi connectivity index (χ4v) is 3.05. The van der Waals surface area contributed by atoms with Gasteiger partial charge in [-0.25, -0.2) is 4.79 Å². The number of para-hydroxylation sites is 1. The molecular weight excluding hydrogens is 374 g/mol. The maximum atomic E-state index is 12.8. The molecule has 29 heavy (non-hydrogen) atoms. The van der Waals surface area contributed by atoms with E-state index in [1.165, 1.54) is 24.9 Å². The smallest absolute Gasteiger partial charge is 0.332 e. The molecule has 1 amide bonds. The molecule has 0 atom stereocenters. The Labute approximate surface area is 166 Å². The van der Waals surface area contributed by atoms with E-state index in [9.17, 15) is 14.4 Å². The number of carbonyl (C=O) groups is 1. The molecular formula is C21H21N3O5. The Morgan fingerprint density at radius 3 is 2.55 bits per heavy atom. The maximum Gasteiger partial charge on any atom is 0.332 e. The first-order valence-corrected chi connectivity index (χ1v) is 8.85. The molecule has 150 valence electrons. The third kappa shape index (κ3) is 3.91. The first-order chi connectivity index (χ1) is 14.0. The number of rotatable bonds is 7. The van der Waals surface area contributed by atoms with Crippen molar-refractivity contribution in [2.75, 3.05) is 19.5 Å². The van der Waals surface area contributed by atoms with Crippen LogP contribution in [0.5, 0.6) is 11.5 Å². The van der Waals surface area contributed by atoms with E-state index in [1.807, 2.05) is 0 Å². The Hall–Kier alpha value is -3.81. The van der Waals surface area contributed by atoms with E-state index < -0.39 is 17.2 Å². The number of ether oxygens (including phenoxy) is 2. The standard InChI is InChI=1S/C21H21N3O5/c1-4-11-23-20(26)15-7-5-6-8-17(15)24(21(23)27)13-19(25)22-16-10-9-14(28-2)12-18(16)29-3/h4-10,12H,1,11,13H2,2-3H3,(H,22,25). The van der Waals surface area contributed by atoms with E-state index in [1.54, 1.807) is 42.5 Å². The van der Waals surface area contributed by atoms with E-state index >= 15 is 0 Å². The highest BCUT2D eigenvalue weighted by molar-refractivity contribution is 5.93. The molecule has 1 aromatic heterocycles. The number of benzene rings is 2. The predicted octanol–water partition coefficient (Wildman–Crippen LogP) is 2.01. The van der Waals surface area contributed by atoms with Gasteiger partial charge in [-0.05, 0) is 24.3 Å². The topological polar surface area (TPSA) is 91.6 Å². The lowest BCUT2D eigenvalue weighted by Gasteiger charge is -2.15. The molecule has 0 aliphatic heterocycles. The van der Waals surface area contributed by atoms with E-state index in [4.69, 9.17) is 9.47 Å². The van der Waals surface area contributed by atoms with Crippen LogP contribution in [0, 0.1) is 0 Å². The van der Waals surface area contributed by atoms with Gasteiger partial charge < -0.3 is 14.8 Å². The van der Waals surface area contributed by atoms with E-state index in [0.717, 1.165) is 4.57 Å². The van der Waals surface area contributed by atoms with Crippen LogP contribution in [0.4, 0.5) is 5.69 Å². The number of anilines is 1. The third-order valence-corrected chi connectivity index (χ3v) is 4.43. The molecule has 8 heteroatoms. The monoisotopic (exact) mass is 395 g/mol. The van der Waals surface area contributed by atoms with Crippen LogP contribution in [-0.2, 0) is 17.9 Å². The van der Waals surface area contributed by atoms with Crippen molar-refractivity contribution in [3.05, 3.63) is 76.0 Å². The second-order valence-corrected chi connectivity index (χ2v) is 6.20. The van der Waals surface area contributed by atoms with Crippen LogP contribution in [0.2, 0.25) is 0 Å². The fraction of sp³-hybridized carbons (Fsp3) is 0.190. The summed E-state index contributed by atoms with van der Waals surface area (Å²) >= 11 is 0. The molecule has 3 rings (SSSR count). The van der Waals surface area contributed by atoms with Crippen LogP contribution in [0.1, 0.15) is 0 Å². The summed E-state index contributed by atoms with van der Waals surface area (Å²) in [4.78, 5) is 38.1. The molecule has 8 nitrogen and oxygen atoms in total. The molecule has 3 aromatic rings. The first-order valence-electron chi connectivity index (χ1n) is 8.85. The zero-order valence-corrected chi connectivity index (χ0v) is 16.2. The van der Waals surface area contributed by atoms with E-state index in [2.05, 4.69) is 11.9 Å². The van der Waals surface area contributed by atoms with Crippen LogP contribution < -0.4 is 26.0 Å². The molecule has 1 N–H and O–H groups in total. The van der Waals surface area contributed by atoms with Gasteiger partial charge in [0, 0.05) is 12.6 Å². The Morgan fingerprint density at radius 2 is 1.86 bits per heavy atom. The number of nitrogens with one attached hydrogen (secondary N) is 1. The van der Waals surface area contributed by atoms with Gasteiger partial charge in [-0.1, -0.05) is 18.2 Å². The number of hydrogen-bond donors (Lipinski definition) is 1. The summed E-state index contributed by atoms with van der Waals surface area (Å²) in [6, 6.07) is 11.6. The molecule has 1 heterocycles. The van der Waals surface area contributed by atoms with Gasteiger partial charge in [0.2, 0.25) is 5.91 Å². The molecule has 0 aliphatic carbocycles. The highest BCUT2D eigenvalue weighted by Gasteiger charge is 2.16. The lowest BCUT2D eigenvalue weighted by Crippen LogP contribution is -2.41. The zero-order valence-electron chi connectivity index (χ0n) is 16.2. The lowest BCUT2D eigenvalue weighted by atomic mass is 10.2. The van der Waals surface area contributed by atoms with Gasteiger partial charge in [0.05, 0.1) is 30.8 Å². The number of methoxy groups -OCH3 is 2. The fourth-order valence-electron chi connectivity index (χ4n) is 3.05. The Bertz CT molecular complexity index is 1190. The minimum Gasteiger partial charge on any atom is -0.497 e. The summed E-state index contributed by atoms with van der Waals surface area (Å²) in [5, 5.41) is 3.08. The summed E-state index contributed by atoms with van der Waals surface area (Å²) in [6.07, 6.45) is 1.46. The number of nitrogens with zero attached hydrogens (tertiary/aromatic N) is 2. The number of hydrogen-bond acceptors (Lipinski definition) is 5. The van der Waals surface area contributed by atoms with Crippen molar-refractivity contribution in [3.63, 3.8) is 0 Å². The number of amides is 1. The number of carbonyl (C=O) groups excluding carboxylic acids is 1. The van der Waals surface area contributed by atoms with Gasteiger partial charge in [0.15, 0.2) is 0 Å². The average molecular weight is 395 g/mol. The average Bonchev–Trinajstić information content (AvgIpc) is 2.74. The second-order valence-electron chi connectivity index (χ2n) is 6.20. The Balaban J connectivity index is 2.00. The largest absolute Gasteiger partial charge is 0.497 e. The lowest BCUT2D eigenvalue weighted by molar-refractivity contribution is -0.116. The van der Waals surface area contributed by atoms with Gasteiger partial charge >= 0.3 is 5.69 Å². The van der Waals surface area contributed by atoms with E-state index in [-0.39, 0.29) is 13.1 Å². The first kappa shape index (κ1) is 19.9. The molecule has 0 aliphatic rings. The number of allylic oxidation sites excluding steroid dienone is 1. The van der Waals surface area contributed by atoms with Crippen LogP contribution in [-0.4, -0.2) is 29.3 Å². The molecule has 0 unspecified atom stereocenters. The Morgan fingerprint density at radius 1 is 1.10 bits per heavy atom. The molecule has 0 saturated heterocycles. The maximum absolute atomic E-state index is 12.8. The molecule has 0 radical (unpaired) electrons. The summed E-state index contributed by atoms with van der Waals surface area (Å²) in [5.41, 5.74) is -0.167. The van der Waals surface area contributed by atoms with Gasteiger partial charge in [-0.3, -0.25) is 18.7 Å². The molecule has 2 aromatic carbocycles. The molecule has 0 fully saturated rings. The van der Waals surface area contributed by atoms with Gasteiger partial charge in [-0.2, -0.15) is 0 Å². The minimum absolute atomic E-state index is 0.0520. The van der Waals surface area contributed by atoms with Crippen LogP contribution in [0.3, 0.4) is 0 Å². The highest BCUT2D eigenvalue weighted by atomic mass is 16.5. The van der Waals surface area contributed by atoms with Gasteiger partial charge in [-0.15, -0.1) is 6.58 Å². The minimum atomic E-state index is -0.578. The quantitative estimate of drug-likeness (QED) is 0.618. The molecule has 0 spiro atoms. The summed E-state index contributed by atoms with van der Waals surface area (Å²) in [6.45, 7) is 3.37. The van der Waals surface area contributed by atoms with Crippen molar-refractivity contribution in [3.8, 4) is 11.5 Å². The van der Waals surface area contributed by atoms with Crippen LogP contribution in [0.15, 0.2) is 64.7 Å². The molecule has 0 saturated carbocycles. The third-order valence-electron chi connectivity index (χ3n) is 4.43. The number of aromatic nitrogens is 2. The SMILES string of the molecule is C=CCn1c(=O)c2ccccc2n(CC(=O)Nc2ccc(OC)cc2OC)c1=O. The normalized spacial score (nSPS) is 10.6. The number of fused-ring (bicyclic) bond motifs is 1. The van der Waals surface area contributed by atoms with Crippen LogP contribution >= 0.6 is 0 Å². The highest BCUT2D eigenvalue weighted by Crippen LogP contribution is 2.29. The van der Waals surface area contributed by atoms with Crippen molar-refractivity contribution in [1.82, 2.24) is 9.13 Å². The van der Waals surface area contributed by atoms with E-state index in [0.29, 0.717) is 28.1 Å². The van der Waals surface area contributed by atoms with Crippen molar-refractivity contribution in [2.45, 2.75) is 13.1 Å². The second kappa shape index (κ2) is 8.47. The Kier molecular flexibility index (Phi) is 5.82. The van der Waals surface area contributed by atoms with Gasteiger partial charge in [0.1, 0.15) is 18.0 Å². The van der Waals surface area contributed by atoms with Crippen molar-refractivity contribution in [1.29, 1.82) is 0 Å². The predicted molar refractivity (Wildman–Crippen MR) is 111 cm³/mol.